The predicted molar refractivity (Wildman–Crippen MR) is 151 cm³/mol. The van der Waals surface area contributed by atoms with Gasteiger partial charge in [0.25, 0.3) is 5.91 Å². The predicted octanol–water partition coefficient (Wildman–Crippen LogP) is 5.02. The summed E-state index contributed by atoms with van der Waals surface area (Å²) in [7, 11) is -1.22. The maximum atomic E-state index is 13.7. The quantitative estimate of drug-likeness (QED) is 0.250. The molecular formula is C30H27F2N3O4S. The lowest BCUT2D eigenvalue weighted by molar-refractivity contribution is -0.139. The summed E-state index contributed by atoms with van der Waals surface area (Å²) in [5, 5.41) is 12.1. The van der Waals surface area contributed by atoms with E-state index in [0.29, 0.717) is 23.2 Å². The average molecular weight is 564 g/mol. The normalized spacial score (nSPS) is 13.0. The number of carbonyl (C=O) groups is 2. The molecule has 3 aromatic carbocycles. The molecular weight excluding hydrogens is 536 g/mol. The molecule has 0 aliphatic rings. The minimum Gasteiger partial charge on any atom is -0.480 e. The van der Waals surface area contributed by atoms with Crippen LogP contribution in [0.25, 0.3) is 22.8 Å². The number of amides is 1. The fraction of sp³-hybridized carbons (Fsp3) is 0.167. The fourth-order valence-corrected chi connectivity index (χ4v) is 4.73. The Bertz CT molecular complexity index is 1540. The first kappa shape index (κ1) is 28.6. The average Bonchev–Trinajstić information content (AvgIpc) is 3.44. The maximum absolute atomic E-state index is 13.7. The van der Waals surface area contributed by atoms with Crippen LogP contribution in [-0.4, -0.2) is 48.8 Å². The Hall–Kier alpha value is -4.44. The minimum absolute atomic E-state index is 0.00612. The van der Waals surface area contributed by atoms with Gasteiger partial charge in [0, 0.05) is 47.3 Å². The number of rotatable bonds is 11. The SMILES string of the molecule is CS(=O)CC[C@H](NC(=O)c1ccc(C=C(Cn2ccnc2)c2ccc(F)cc2)cc1-c1ccc(F)cc1)C(=O)O. The number of halogens is 2. The Labute approximate surface area is 232 Å². The highest BCUT2D eigenvalue weighted by atomic mass is 32.2. The van der Waals surface area contributed by atoms with Crippen molar-refractivity contribution in [2.75, 3.05) is 12.0 Å². The van der Waals surface area contributed by atoms with Crippen molar-refractivity contribution >= 4 is 34.3 Å². The van der Waals surface area contributed by atoms with Crippen molar-refractivity contribution in [3.05, 3.63) is 114 Å². The number of nitrogens with one attached hydrogen (secondary N) is 1. The van der Waals surface area contributed by atoms with E-state index in [-0.39, 0.29) is 23.6 Å². The number of carboxylic acid groups (broad SMARTS) is 1. The van der Waals surface area contributed by atoms with E-state index in [9.17, 15) is 27.7 Å². The molecule has 206 valence electrons. The molecule has 0 saturated heterocycles. The van der Waals surface area contributed by atoms with E-state index in [1.807, 2.05) is 16.8 Å². The Morgan fingerprint density at radius 3 is 2.33 bits per heavy atom. The van der Waals surface area contributed by atoms with Crippen LogP contribution in [0, 0.1) is 11.6 Å². The third-order valence-electron chi connectivity index (χ3n) is 6.21. The number of hydrogen-bond acceptors (Lipinski definition) is 4. The highest BCUT2D eigenvalue weighted by molar-refractivity contribution is 7.84. The molecule has 1 aromatic heterocycles. The molecule has 4 aromatic rings. The molecule has 0 spiro atoms. The van der Waals surface area contributed by atoms with Crippen molar-refractivity contribution in [1.82, 2.24) is 14.9 Å². The zero-order valence-corrected chi connectivity index (χ0v) is 22.4. The van der Waals surface area contributed by atoms with Crippen molar-refractivity contribution in [1.29, 1.82) is 0 Å². The molecule has 0 saturated carbocycles. The second-order valence-electron chi connectivity index (χ2n) is 9.15. The topological polar surface area (TPSA) is 101 Å². The molecule has 7 nitrogen and oxygen atoms in total. The van der Waals surface area contributed by atoms with Crippen LogP contribution in [0.15, 0.2) is 85.5 Å². The lowest BCUT2D eigenvalue weighted by atomic mass is 9.94. The van der Waals surface area contributed by atoms with Crippen LogP contribution in [0.1, 0.15) is 27.9 Å². The van der Waals surface area contributed by atoms with Gasteiger partial charge in [0.05, 0.1) is 6.33 Å². The van der Waals surface area contributed by atoms with E-state index in [1.165, 1.54) is 42.7 Å². The highest BCUT2D eigenvalue weighted by Gasteiger charge is 2.23. The molecule has 2 atom stereocenters. The summed E-state index contributed by atoms with van der Waals surface area (Å²) in [6.45, 7) is 0.443. The van der Waals surface area contributed by atoms with Crippen LogP contribution in [0.4, 0.5) is 8.78 Å². The van der Waals surface area contributed by atoms with Crippen molar-refractivity contribution in [2.45, 2.75) is 19.0 Å². The van der Waals surface area contributed by atoms with Crippen LogP contribution in [0.5, 0.6) is 0 Å². The largest absolute Gasteiger partial charge is 0.480 e. The van der Waals surface area contributed by atoms with Crippen LogP contribution in [-0.2, 0) is 22.1 Å². The van der Waals surface area contributed by atoms with Gasteiger partial charge in [-0.25, -0.2) is 18.6 Å². The molecule has 0 fully saturated rings. The standard InChI is InChI=1S/C30H27F2N3O4S/c1-40(39)15-12-28(30(37)38)34-29(36)26-11-2-20(17-27(26)22-5-9-25(32)10-6-22)16-23(18-35-14-13-33-19-35)21-3-7-24(31)8-4-21/h2-11,13-14,16-17,19,28H,12,15,18H2,1H3,(H,34,36)(H,37,38)/t28-,40?/m0/s1. The van der Waals surface area contributed by atoms with E-state index in [4.69, 9.17) is 0 Å². The van der Waals surface area contributed by atoms with Crippen molar-refractivity contribution in [3.8, 4) is 11.1 Å². The minimum atomic E-state index is -1.23. The monoisotopic (exact) mass is 563 g/mol. The van der Waals surface area contributed by atoms with Crippen LogP contribution in [0.3, 0.4) is 0 Å². The number of benzene rings is 3. The highest BCUT2D eigenvalue weighted by Crippen LogP contribution is 2.29. The lowest BCUT2D eigenvalue weighted by Crippen LogP contribution is -2.41. The smallest absolute Gasteiger partial charge is 0.326 e. The summed E-state index contributed by atoms with van der Waals surface area (Å²) in [5.41, 5.74) is 3.57. The number of aliphatic carboxylic acids is 1. The zero-order valence-electron chi connectivity index (χ0n) is 21.6. The molecule has 1 amide bonds. The number of nitrogens with zero attached hydrogens (tertiary/aromatic N) is 2. The molecule has 1 heterocycles. The number of hydrogen-bond donors (Lipinski definition) is 2. The zero-order chi connectivity index (χ0) is 28.6. The van der Waals surface area contributed by atoms with E-state index in [0.717, 1.165) is 11.1 Å². The summed E-state index contributed by atoms with van der Waals surface area (Å²) >= 11 is 0. The second-order valence-corrected chi connectivity index (χ2v) is 10.7. The molecule has 0 bridgehead atoms. The maximum Gasteiger partial charge on any atom is 0.326 e. The summed E-state index contributed by atoms with van der Waals surface area (Å²) in [4.78, 5) is 29.1. The van der Waals surface area contributed by atoms with Gasteiger partial charge in [0.15, 0.2) is 0 Å². The third kappa shape index (κ3) is 7.57. The van der Waals surface area contributed by atoms with Gasteiger partial charge in [-0.2, -0.15) is 0 Å². The fourth-order valence-electron chi connectivity index (χ4n) is 4.16. The molecule has 0 aliphatic carbocycles. The number of allylic oxidation sites excluding steroid dienone is 1. The van der Waals surface area contributed by atoms with Gasteiger partial charge in [0.1, 0.15) is 17.7 Å². The molecule has 10 heteroatoms. The van der Waals surface area contributed by atoms with E-state index >= 15 is 0 Å². The van der Waals surface area contributed by atoms with Crippen LogP contribution in [0.2, 0.25) is 0 Å². The summed E-state index contributed by atoms with van der Waals surface area (Å²) in [6, 6.07) is 15.6. The van der Waals surface area contributed by atoms with Gasteiger partial charge < -0.3 is 15.0 Å². The van der Waals surface area contributed by atoms with Crippen molar-refractivity contribution < 1.29 is 27.7 Å². The van der Waals surface area contributed by atoms with Crippen molar-refractivity contribution in [2.24, 2.45) is 0 Å². The van der Waals surface area contributed by atoms with Crippen LogP contribution >= 0.6 is 0 Å². The Balaban J connectivity index is 1.75. The van der Waals surface area contributed by atoms with Gasteiger partial charge in [-0.3, -0.25) is 9.00 Å². The van der Waals surface area contributed by atoms with Gasteiger partial charge in [-0.05, 0) is 76.7 Å². The number of carbonyl (C=O) groups excluding carboxylic acids is 1. The van der Waals surface area contributed by atoms with Gasteiger partial charge >= 0.3 is 5.97 Å². The first-order chi connectivity index (χ1) is 19.2. The first-order valence-corrected chi connectivity index (χ1v) is 14.1. The molecule has 1 unspecified atom stereocenters. The first-order valence-electron chi connectivity index (χ1n) is 12.4. The number of carboxylic acids is 1. The molecule has 4 rings (SSSR count). The molecule has 0 radical (unpaired) electrons. The van der Waals surface area contributed by atoms with Crippen molar-refractivity contribution in [3.63, 3.8) is 0 Å². The van der Waals surface area contributed by atoms with Gasteiger partial charge in [-0.15, -0.1) is 0 Å². The van der Waals surface area contributed by atoms with E-state index in [1.54, 1.807) is 42.9 Å². The summed E-state index contributed by atoms with van der Waals surface area (Å²) < 4.78 is 40.7. The van der Waals surface area contributed by atoms with Crippen LogP contribution < -0.4 is 5.32 Å². The summed E-state index contributed by atoms with van der Waals surface area (Å²) in [6.07, 6.45) is 8.51. The second kappa shape index (κ2) is 13.1. The molecule has 40 heavy (non-hydrogen) atoms. The lowest BCUT2D eigenvalue weighted by Gasteiger charge is -2.17. The Morgan fingerprint density at radius 2 is 1.73 bits per heavy atom. The summed E-state index contributed by atoms with van der Waals surface area (Å²) in [5.74, 6) is -2.53. The van der Waals surface area contributed by atoms with E-state index in [2.05, 4.69) is 10.3 Å². The Kier molecular flexibility index (Phi) is 9.34. The van der Waals surface area contributed by atoms with Gasteiger partial charge in [-0.1, -0.05) is 30.3 Å². The number of imidazole rings is 1. The van der Waals surface area contributed by atoms with Gasteiger partial charge in [0.2, 0.25) is 0 Å². The molecule has 0 aliphatic heterocycles. The van der Waals surface area contributed by atoms with E-state index < -0.39 is 34.5 Å². The molecule has 2 N–H and O–H groups in total. The Morgan fingerprint density at radius 1 is 1.05 bits per heavy atom. The number of aromatic nitrogens is 2. The third-order valence-corrected chi connectivity index (χ3v) is 7.02.